The first-order valence-electron chi connectivity index (χ1n) is 11.3. The highest BCUT2D eigenvalue weighted by molar-refractivity contribution is 5.80. The number of nitrogens with zero attached hydrogens (tertiary/aromatic N) is 4. The minimum absolute atomic E-state index is 0.00662. The van der Waals surface area contributed by atoms with Gasteiger partial charge in [-0.15, -0.1) is 0 Å². The fourth-order valence-electron chi connectivity index (χ4n) is 4.41. The number of fused-ring (bicyclic) bond motifs is 1. The monoisotopic (exact) mass is 443 g/mol. The molecule has 3 heterocycles. The van der Waals surface area contributed by atoms with Crippen molar-refractivity contribution in [3.63, 3.8) is 0 Å². The molecule has 1 amide bonds. The zero-order chi connectivity index (χ0) is 22.6. The zero-order valence-electron chi connectivity index (χ0n) is 18.3. The third-order valence-corrected chi connectivity index (χ3v) is 6.23. The molecule has 0 atom stereocenters. The van der Waals surface area contributed by atoms with Crippen molar-refractivity contribution in [2.75, 3.05) is 18.0 Å². The molecular formula is C26H26FN5O. The quantitative estimate of drug-likeness (QED) is 0.486. The van der Waals surface area contributed by atoms with Gasteiger partial charge < -0.3 is 14.8 Å². The first-order chi connectivity index (χ1) is 16.2. The van der Waals surface area contributed by atoms with E-state index in [1.807, 2.05) is 42.5 Å². The van der Waals surface area contributed by atoms with Crippen molar-refractivity contribution in [1.29, 1.82) is 0 Å². The molecule has 2 aromatic carbocycles. The van der Waals surface area contributed by atoms with Gasteiger partial charge in [-0.1, -0.05) is 30.3 Å². The second kappa shape index (κ2) is 9.40. The van der Waals surface area contributed by atoms with Gasteiger partial charge in [0.05, 0.1) is 17.6 Å². The van der Waals surface area contributed by atoms with E-state index in [0.29, 0.717) is 13.1 Å². The number of pyridine rings is 1. The lowest BCUT2D eigenvalue weighted by Gasteiger charge is -2.32. The SMILES string of the molecule is O=C(NCc1cccnc1)C1CCN(c2nc3ccccc3n2Cc2ccc(F)cc2)CC1. The lowest BCUT2D eigenvalue weighted by atomic mass is 9.96. The Hall–Kier alpha value is -3.74. The van der Waals surface area contributed by atoms with Gasteiger partial charge in [-0.05, 0) is 54.3 Å². The molecule has 4 aromatic rings. The van der Waals surface area contributed by atoms with E-state index < -0.39 is 0 Å². The van der Waals surface area contributed by atoms with Crippen LogP contribution in [0.25, 0.3) is 11.0 Å². The number of benzene rings is 2. The second-order valence-corrected chi connectivity index (χ2v) is 8.45. The Morgan fingerprint density at radius 3 is 2.55 bits per heavy atom. The van der Waals surface area contributed by atoms with Gasteiger partial charge >= 0.3 is 0 Å². The van der Waals surface area contributed by atoms with Crippen LogP contribution < -0.4 is 10.2 Å². The Morgan fingerprint density at radius 2 is 1.79 bits per heavy atom. The Bertz CT molecular complexity index is 1230. The minimum Gasteiger partial charge on any atom is -0.352 e. The molecule has 0 radical (unpaired) electrons. The van der Waals surface area contributed by atoms with Gasteiger partial charge in [0, 0.05) is 37.9 Å². The number of piperidine rings is 1. The van der Waals surface area contributed by atoms with E-state index in [1.54, 1.807) is 12.4 Å². The first-order valence-corrected chi connectivity index (χ1v) is 11.3. The summed E-state index contributed by atoms with van der Waals surface area (Å²) in [5.74, 6) is 0.749. The normalized spacial score (nSPS) is 14.5. The maximum absolute atomic E-state index is 13.4. The van der Waals surface area contributed by atoms with Gasteiger partial charge in [0.15, 0.2) is 0 Å². The number of rotatable bonds is 6. The van der Waals surface area contributed by atoms with Gasteiger partial charge in [-0.3, -0.25) is 9.78 Å². The zero-order valence-corrected chi connectivity index (χ0v) is 18.3. The predicted octanol–water partition coefficient (Wildman–Crippen LogP) is 4.15. The average Bonchev–Trinajstić information content (AvgIpc) is 3.23. The van der Waals surface area contributed by atoms with Gasteiger partial charge in [0.1, 0.15) is 5.82 Å². The van der Waals surface area contributed by atoms with Gasteiger partial charge in [-0.2, -0.15) is 0 Å². The van der Waals surface area contributed by atoms with Crippen molar-refractivity contribution in [3.8, 4) is 0 Å². The predicted molar refractivity (Wildman–Crippen MR) is 126 cm³/mol. The van der Waals surface area contributed by atoms with Gasteiger partial charge in [0.2, 0.25) is 11.9 Å². The number of carbonyl (C=O) groups is 1. The third kappa shape index (κ3) is 4.72. The van der Waals surface area contributed by atoms with E-state index >= 15 is 0 Å². The highest BCUT2D eigenvalue weighted by Crippen LogP contribution is 2.28. The van der Waals surface area contributed by atoms with Crippen LogP contribution in [0.5, 0.6) is 0 Å². The van der Waals surface area contributed by atoms with E-state index in [-0.39, 0.29) is 17.6 Å². The molecule has 7 heteroatoms. The minimum atomic E-state index is -0.238. The first kappa shape index (κ1) is 21.1. The molecule has 1 aliphatic rings. The van der Waals surface area contributed by atoms with Crippen LogP contribution in [0.3, 0.4) is 0 Å². The molecule has 0 spiro atoms. The van der Waals surface area contributed by atoms with Crippen molar-refractivity contribution in [2.45, 2.75) is 25.9 Å². The van der Waals surface area contributed by atoms with Crippen LogP contribution in [0, 0.1) is 11.7 Å². The number of nitrogens with one attached hydrogen (secondary N) is 1. The molecule has 33 heavy (non-hydrogen) atoms. The van der Waals surface area contributed by atoms with E-state index in [4.69, 9.17) is 4.98 Å². The van der Waals surface area contributed by atoms with E-state index in [2.05, 4.69) is 25.8 Å². The maximum atomic E-state index is 13.4. The van der Waals surface area contributed by atoms with Crippen LogP contribution in [0.4, 0.5) is 10.3 Å². The lowest BCUT2D eigenvalue weighted by molar-refractivity contribution is -0.125. The highest BCUT2D eigenvalue weighted by Gasteiger charge is 2.27. The number of hydrogen-bond acceptors (Lipinski definition) is 4. The fourth-order valence-corrected chi connectivity index (χ4v) is 4.41. The van der Waals surface area contributed by atoms with Gasteiger partial charge in [0.25, 0.3) is 0 Å². The summed E-state index contributed by atoms with van der Waals surface area (Å²) < 4.78 is 15.6. The summed E-state index contributed by atoms with van der Waals surface area (Å²) in [6, 6.07) is 18.5. The summed E-state index contributed by atoms with van der Waals surface area (Å²) in [6.45, 7) is 2.64. The molecule has 5 rings (SSSR count). The van der Waals surface area contributed by atoms with E-state index in [1.165, 1.54) is 12.1 Å². The molecule has 0 bridgehead atoms. The third-order valence-electron chi connectivity index (χ3n) is 6.23. The average molecular weight is 444 g/mol. The van der Waals surface area contributed by atoms with Crippen molar-refractivity contribution in [3.05, 3.63) is 90.0 Å². The van der Waals surface area contributed by atoms with Crippen molar-refractivity contribution < 1.29 is 9.18 Å². The van der Waals surface area contributed by atoms with E-state index in [9.17, 15) is 9.18 Å². The van der Waals surface area contributed by atoms with Crippen LogP contribution in [0.1, 0.15) is 24.0 Å². The number of aromatic nitrogens is 3. The molecule has 0 unspecified atom stereocenters. The fraction of sp³-hybridized carbons (Fsp3) is 0.269. The second-order valence-electron chi connectivity index (χ2n) is 8.45. The highest BCUT2D eigenvalue weighted by atomic mass is 19.1. The number of anilines is 1. The molecule has 1 N–H and O–H groups in total. The Morgan fingerprint density at radius 1 is 1.00 bits per heavy atom. The number of para-hydroxylation sites is 2. The number of amides is 1. The van der Waals surface area contributed by atoms with Crippen LogP contribution in [0.15, 0.2) is 73.1 Å². The van der Waals surface area contributed by atoms with Crippen molar-refractivity contribution >= 4 is 22.9 Å². The molecule has 1 fully saturated rings. The number of imidazole rings is 1. The summed E-state index contributed by atoms with van der Waals surface area (Å²) >= 11 is 0. The Labute approximate surface area is 192 Å². The molecule has 0 aliphatic carbocycles. The topological polar surface area (TPSA) is 63.1 Å². The number of hydrogen-bond donors (Lipinski definition) is 1. The van der Waals surface area contributed by atoms with E-state index in [0.717, 1.165) is 54.0 Å². The molecule has 1 aliphatic heterocycles. The van der Waals surface area contributed by atoms with Gasteiger partial charge in [-0.25, -0.2) is 9.37 Å². The molecule has 168 valence electrons. The number of carbonyl (C=O) groups excluding carboxylic acids is 1. The summed E-state index contributed by atoms with van der Waals surface area (Å²) in [7, 11) is 0. The molecule has 1 saturated heterocycles. The Kier molecular flexibility index (Phi) is 6.02. The van der Waals surface area contributed by atoms with Crippen molar-refractivity contribution in [2.24, 2.45) is 5.92 Å². The molecule has 2 aromatic heterocycles. The number of halogens is 1. The van der Waals surface area contributed by atoms with Crippen LogP contribution in [-0.2, 0) is 17.9 Å². The molecular weight excluding hydrogens is 417 g/mol. The summed E-state index contributed by atoms with van der Waals surface area (Å²) in [5.41, 5.74) is 4.00. The van der Waals surface area contributed by atoms with Crippen LogP contribution >= 0.6 is 0 Å². The largest absolute Gasteiger partial charge is 0.352 e. The smallest absolute Gasteiger partial charge is 0.223 e. The summed E-state index contributed by atoms with van der Waals surface area (Å²) in [6.07, 6.45) is 5.05. The standard InChI is InChI=1S/C26H26FN5O/c27-22-9-7-19(8-10-22)18-32-24-6-2-1-5-23(24)30-26(32)31-14-11-21(12-15-31)25(33)29-17-20-4-3-13-28-16-20/h1-10,13,16,21H,11-12,14-15,17-18H2,(H,29,33). The molecule has 6 nitrogen and oxygen atoms in total. The van der Waals surface area contributed by atoms with Crippen LogP contribution in [0.2, 0.25) is 0 Å². The maximum Gasteiger partial charge on any atom is 0.223 e. The van der Waals surface area contributed by atoms with Crippen molar-refractivity contribution in [1.82, 2.24) is 19.9 Å². The van der Waals surface area contributed by atoms with Crippen LogP contribution in [-0.4, -0.2) is 33.5 Å². The summed E-state index contributed by atoms with van der Waals surface area (Å²) in [4.78, 5) is 23.9. The Balaban J connectivity index is 1.29. The summed E-state index contributed by atoms with van der Waals surface area (Å²) in [5, 5.41) is 3.04. The molecule has 0 saturated carbocycles. The lowest BCUT2D eigenvalue weighted by Crippen LogP contribution is -2.41.